The molecule has 0 bridgehead atoms. The Bertz CT molecular complexity index is 1190. The second kappa shape index (κ2) is 8.68. The van der Waals surface area contributed by atoms with Crippen molar-refractivity contribution < 1.29 is 18.0 Å². The van der Waals surface area contributed by atoms with Crippen LogP contribution < -0.4 is 5.69 Å². The summed E-state index contributed by atoms with van der Waals surface area (Å²) in [6, 6.07) is 10.00. The molecule has 1 aromatic heterocycles. The molecule has 1 heterocycles. The minimum Gasteiger partial charge on any atom is -0.299 e. The highest BCUT2D eigenvalue weighted by Crippen LogP contribution is 2.30. The van der Waals surface area contributed by atoms with Crippen LogP contribution in [0, 0.1) is 12.3 Å². The lowest BCUT2D eigenvalue weighted by Gasteiger charge is -2.16. The minimum atomic E-state index is -4.45. The van der Waals surface area contributed by atoms with Gasteiger partial charge < -0.3 is 0 Å². The SMILES string of the molecule is Cc1ccc(CCC(=O)C(C)(C)C)cc1-c1nc(-c2ccc(C(F)(F)F)cc2)nc(=O)[nH]1. The molecule has 8 heteroatoms. The molecule has 1 N–H and O–H groups in total. The van der Waals surface area contributed by atoms with Crippen molar-refractivity contribution in [2.45, 2.75) is 46.7 Å². The first-order chi connectivity index (χ1) is 14.8. The van der Waals surface area contributed by atoms with Gasteiger partial charge in [0.15, 0.2) is 5.82 Å². The van der Waals surface area contributed by atoms with Crippen LogP contribution in [0.5, 0.6) is 0 Å². The van der Waals surface area contributed by atoms with E-state index in [9.17, 15) is 22.8 Å². The van der Waals surface area contributed by atoms with E-state index in [4.69, 9.17) is 0 Å². The monoisotopic (exact) mass is 443 g/mol. The number of hydrogen-bond donors (Lipinski definition) is 1. The standard InChI is InChI=1S/C24H24F3N3O2/c1-14-5-6-15(7-12-19(31)23(2,3)4)13-18(14)21-28-20(29-22(32)30-21)16-8-10-17(11-9-16)24(25,26)27/h5-6,8-11,13H,7,12H2,1-4H3,(H,28,29,30,32). The lowest BCUT2D eigenvalue weighted by Crippen LogP contribution is -2.20. The summed E-state index contributed by atoms with van der Waals surface area (Å²) < 4.78 is 38.5. The summed E-state index contributed by atoms with van der Waals surface area (Å²) in [7, 11) is 0. The summed E-state index contributed by atoms with van der Waals surface area (Å²) in [5.74, 6) is 0.450. The molecule has 2 aromatic carbocycles. The van der Waals surface area contributed by atoms with Gasteiger partial charge in [0, 0.05) is 23.0 Å². The van der Waals surface area contributed by atoms with Gasteiger partial charge in [0.05, 0.1) is 5.56 Å². The number of hydrogen-bond acceptors (Lipinski definition) is 4. The molecule has 0 spiro atoms. The van der Waals surface area contributed by atoms with Gasteiger partial charge in [-0.25, -0.2) is 9.78 Å². The predicted molar refractivity (Wildman–Crippen MR) is 116 cm³/mol. The number of carbonyl (C=O) groups excluding carboxylic acids is 1. The number of rotatable bonds is 5. The fourth-order valence-electron chi connectivity index (χ4n) is 3.16. The van der Waals surface area contributed by atoms with Gasteiger partial charge in [-0.3, -0.25) is 9.78 Å². The zero-order valence-corrected chi connectivity index (χ0v) is 18.3. The first-order valence-corrected chi connectivity index (χ1v) is 10.1. The van der Waals surface area contributed by atoms with Gasteiger partial charge in [-0.05, 0) is 42.7 Å². The van der Waals surface area contributed by atoms with Crippen molar-refractivity contribution in [1.82, 2.24) is 15.0 Å². The zero-order valence-electron chi connectivity index (χ0n) is 18.3. The second-order valence-corrected chi connectivity index (χ2v) is 8.72. The third kappa shape index (κ3) is 5.49. The number of aryl methyl sites for hydroxylation is 2. The topological polar surface area (TPSA) is 75.7 Å². The van der Waals surface area contributed by atoms with Crippen molar-refractivity contribution in [1.29, 1.82) is 0 Å². The van der Waals surface area contributed by atoms with Crippen LogP contribution in [0.2, 0.25) is 0 Å². The van der Waals surface area contributed by atoms with Gasteiger partial charge >= 0.3 is 11.9 Å². The predicted octanol–water partition coefficient (Wildman–Crippen LogP) is 5.37. The maximum Gasteiger partial charge on any atom is 0.416 e. The molecule has 0 amide bonds. The highest BCUT2D eigenvalue weighted by atomic mass is 19.4. The van der Waals surface area contributed by atoms with Crippen LogP contribution in [0.3, 0.4) is 0 Å². The molecule has 168 valence electrons. The quantitative estimate of drug-likeness (QED) is 0.575. The van der Waals surface area contributed by atoms with E-state index < -0.39 is 22.8 Å². The van der Waals surface area contributed by atoms with Gasteiger partial charge in [-0.1, -0.05) is 45.0 Å². The average Bonchev–Trinajstić information content (AvgIpc) is 2.71. The molecule has 5 nitrogen and oxygen atoms in total. The van der Waals surface area contributed by atoms with Crippen LogP contribution in [0.1, 0.15) is 43.9 Å². The largest absolute Gasteiger partial charge is 0.416 e. The van der Waals surface area contributed by atoms with Crippen molar-refractivity contribution in [3.63, 3.8) is 0 Å². The number of halogens is 3. The van der Waals surface area contributed by atoms with Crippen molar-refractivity contribution in [3.8, 4) is 22.8 Å². The summed E-state index contributed by atoms with van der Waals surface area (Å²) >= 11 is 0. The van der Waals surface area contributed by atoms with E-state index in [1.165, 1.54) is 12.1 Å². The Morgan fingerprint density at radius 1 is 1.00 bits per heavy atom. The fraction of sp³-hybridized carbons (Fsp3) is 0.333. The van der Waals surface area contributed by atoms with Crippen LogP contribution in [0.4, 0.5) is 13.2 Å². The number of alkyl halides is 3. The van der Waals surface area contributed by atoms with Crippen LogP contribution in [0.15, 0.2) is 47.3 Å². The Kier molecular flexibility index (Phi) is 6.34. The Morgan fingerprint density at radius 2 is 1.66 bits per heavy atom. The Balaban J connectivity index is 1.94. The third-order valence-corrected chi connectivity index (χ3v) is 5.16. The van der Waals surface area contributed by atoms with Crippen LogP contribution in [-0.4, -0.2) is 20.7 Å². The van der Waals surface area contributed by atoms with Crippen LogP contribution in [0.25, 0.3) is 22.8 Å². The molecule has 0 unspecified atom stereocenters. The number of nitrogens with one attached hydrogen (secondary N) is 1. The lowest BCUT2D eigenvalue weighted by molar-refractivity contribution is -0.137. The van der Waals surface area contributed by atoms with Gasteiger partial charge in [-0.2, -0.15) is 18.2 Å². The number of H-pyrrole nitrogens is 1. The molecule has 0 saturated carbocycles. The molecule has 32 heavy (non-hydrogen) atoms. The summed E-state index contributed by atoms with van der Waals surface area (Å²) in [5.41, 5.74) is 0.870. The van der Waals surface area contributed by atoms with Crippen molar-refractivity contribution >= 4 is 5.78 Å². The van der Waals surface area contributed by atoms with E-state index >= 15 is 0 Å². The van der Waals surface area contributed by atoms with E-state index in [-0.39, 0.29) is 17.4 Å². The first kappa shape index (κ1) is 23.4. The number of Topliss-reactive ketones (excluding diaryl/α,β-unsaturated/α-hetero) is 1. The highest BCUT2D eigenvalue weighted by molar-refractivity contribution is 5.83. The fourth-order valence-corrected chi connectivity index (χ4v) is 3.16. The number of aromatic amines is 1. The molecule has 3 rings (SSSR count). The smallest absolute Gasteiger partial charge is 0.299 e. The molecule has 0 aliphatic heterocycles. The Morgan fingerprint density at radius 3 is 2.25 bits per heavy atom. The van der Waals surface area contributed by atoms with Gasteiger partial charge in [-0.15, -0.1) is 0 Å². The molecule has 0 aliphatic rings. The number of benzene rings is 2. The second-order valence-electron chi connectivity index (χ2n) is 8.72. The Hall–Kier alpha value is -3.29. The van der Waals surface area contributed by atoms with Crippen molar-refractivity contribution in [3.05, 3.63) is 69.6 Å². The average molecular weight is 443 g/mol. The maximum absolute atomic E-state index is 12.8. The molecule has 0 saturated heterocycles. The third-order valence-electron chi connectivity index (χ3n) is 5.16. The first-order valence-electron chi connectivity index (χ1n) is 10.1. The Labute approximate surface area is 183 Å². The molecular weight excluding hydrogens is 419 g/mol. The minimum absolute atomic E-state index is 0.0326. The number of aromatic nitrogens is 3. The van der Waals surface area contributed by atoms with E-state index in [1.807, 2.05) is 45.9 Å². The molecule has 0 fully saturated rings. The summed E-state index contributed by atoms with van der Waals surface area (Å²) in [4.78, 5) is 35.2. The van der Waals surface area contributed by atoms with E-state index in [1.54, 1.807) is 0 Å². The maximum atomic E-state index is 12.8. The molecule has 0 atom stereocenters. The molecular formula is C24H24F3N3O2. The molecule has 0 radical (unpaired) electrons. The highest BCUT2D eigenvalue weighted by Gasteiger charge is 2.30. The zero-order chi connectivity index (χ0) is 23.7. The number of nitrogens with zero attached hydrogens (tertiary/aromatic N) is 2. The summed E-state index contributed by atoms with van der Waals surface area (Å²) in [6.45, 7) is 7.50. The van der Waals surface area contributed by atoms with E-state index in [2.05, 4.69) is 15.0 Å². The number of carbonyl (C=O) groups is 1. The lowest BCUT2D eigenvalue weighted by atomic mass is 9.87. The van der Waals surface area contributed by atoms with Gasteiger partial charge in [0.25, 0.3) is 0 Å². The summed E-state index contributed by atoms with van der Waals surface area (Å²) in [5, 5.41) is 0. The van der Waals surface area contributed by atoms with Crippen molar-refractivity contribution in [2.75, 3.05) is 0 Å². The number of ketones is 1. The van der Waals surface area contributed by atoms with Gasteiger partial charge in [0.2, 0.25) is 0 Å². The van der Waals surface area contributed by atoms with Gasteiger partial charge in [0.1, 0.15) is 11.6 Å². The van der Waals surface area contributed by atoms with Crippen LogP contribution in [-0.2, 0) is 17.4 Å². The van der Waals surface area contributed by atoms with E-state index in [0.29, 0.717) is 24.0 Å². The van der Waals surface area contributed by atoms with Crippen LogP contribution >= 0.6 is 0 Å². The molecule has 3 aromatic rings. The van der Waals surface area contributed by atoms with E-state index in [0.717, 1.165) is 23.3 Å². The molecule has 0 aliphatic carbocycles. The van der Waals surface area contributed by atoms with Crippen molar-refractivity contribution in [2.24, 2.45) is 5.41 Å². The summed E-state index contributed by atoms with van der Waals surface area (Å²) in [6.07, 6.45) is -3.52. The normalized spacial score (nSPS) is 12.1.